The maximum absolute atomic E-state index is 10.3. The average Bonchev–Trinajstić information content (AvgIpc) is 2.28. The van der Waals surface area contributed by atoms with Gasteiger partial charge in [0, 0.05) is 12.2 Å². The molecule has 0 bridgehead atoms. The Morgan fingerprint density at radius 2 is 1.39 bits per heavy atom. The number of hydrogen-bond donors (Lipinski definition) is 2. The summed E-state index contributed by atoms with van der Waals surface area (Å²) < 4.78 is 0. The van der Waals surface area contributed by atoms with Crippen LogP contribution in [0, 0.1) is 0 Å². The van der Waals surface area contributed by atoms with E-state index in [1.54, 1.807) is 12.2 Å². The Morgan fingerprint density at radius 1 is 0.944 bits per heavy atom. The maximum atomic E-state index is 10.3. The second-order valence-electron chi connectivity index (χ2n) is 3.71. The van der Waals surface area contributed by atoms with Gasteiger partial charge in [-0.1, -0.05) is 36.4 Å². The molecule has 1 aromatic carbocycles. The van der Waals surface area contributed by atoms with Crippen LogP contribution >= 0.6 is 0 Å². The minimum atomic E-state index is -0.962. The smallest absolute Gasteiger partial charge is 0.327 e. The second-order valence-corrected chi connectivity index (χ2v) is 3.71. The standard InChI is InChI=1S/C14H14O4/c15-13(16)8-2-6-11-4-1-5-12(10-11)7-3-9-14(17)18/h1-5,8-10H,6-7H2,(H,15,16)(H,17,18). The van der Waals surface area contributed by atoms with E-state index in [9.17, 15) is 9.59 Å². The van der Waals surface area contributed by atoms with E-state index in [1.807, 2.05) is 24.3 Å². The van der Waals surface area contributed by atoms with E-state index in [1.165, 1.54) is 0 Å². The lowest BCUT2D eigenvalue weighted by Gasteiger charge is -2.00. The number of carboxylic acids is 2. The van der Waals surface area contributed by atoms with Crippen molar-refractivity contribution in [2.75, 3.05) is 0 Å². The lowest BCUT2D eigenvalue weighted by atomic mass is 10.1. The first-order valence-corrected chi connectivity index (χ1v) is 5.44. The molecule has 0 unspecified atom stereocenters. The van der Waals surface area contributed by atoms with E-state index >= 15 is 0 Å². The van der Waals surface area contributed by atoms with Crippen molar-refractivity contribution in [1.82, 2.24) is 0 Å². The number of carboxylic acid groups (broad SMARTS) is 2. The van der Waals surface area contributed by atoms with Gasteiger partial charge < -0.3 is 10.2 Å². The molecule has 0 fully saturated rings. The fraction of sp³-hybridized carbons (Fsp3) is 0.143. The van der Waals surface area contributed by atoms with Crippen LogP contribution in [0.25, 0.3) is 0 Å². The summed E-state index contributed by atoms with van der Waals surface area (Å²) in [5, 5.41) is 16.9. The van der Waals surface area contributed by atoms with Crippen molar-refractivity contribution in [3.8, 4) is 0 Å². The third-order valence-corrected chi connectivity index (χ3v) is 2.22. The Balaban J connectivity index is 2.62. The molecule has 0 atom stereocenters. The van der Waals surface area contributed by atoms with Crippen molar-refractivity contribution in [2.24, 2.45) is 0 Å². The van der Waals surface area contributed by atoms with Crippen molar-refractivity contribution in [1.29, 1.82) is 0 Å². The first kappa shape index (κ1) is 13.7. The van der Waals surface area contributed by atoms with Crippen LogP contribution in [0.2, 0.25) is 0 Å². The van der Waals surface area contributed by atoms with Crippen LogP contribution in [0.1, 0.15) is 11.1 Å². The molecule has 0 amide bonds. The zero-order valence-electron chi connectivity index (χ0n) is 9.74. The van der Waals surface area contributed by atoms with Gasteiger partial charge in [-0.15, -0.1) is 0 Å². The minimum absolute atomic E-state index is 0.544. The predicted octanol–water partition coefficient (Wildman–Crippen LogP) is 2.05. The Bertz CT molecular complexity index is 445. The van der Waals surface area contributed by atoms with E-state index in [0.29, 0.717) is 12.8 Å². The maximum Gasteiger partial charge on any atom is 0.327 e. The van der Waals surface area contributed by atoms with Crippen LogP contribution in [0.15, 0.2) is 48.6 Å². The van der Waals surface area contributed by atoms with Crippen LogP contribution in [0.5, 0.6) is 0 Å². The number of benzene rings is 1. The van der Waals surface area contributed by atoms with Gasteiger partial charge in [0.15, 0.2) is 0 Å². The van der Waals surface area contributed by atoms with Gasteiger partial charge in [0.25, 0.3) is 0 Å². The van der Waals surface area contributed by atoms with Gasteiger partial charge in [-0.05, 0) is 24.0 Å². The lowest BCUT2D eigenvalue weighted by Crippen LogP contribution is -1.90. The van der Waals surface area contributed by atoms with Gasteiger partial charge in [0.05, 0.1) is 0 Å². The summed E-state index contributed by atoms with van der Waals surface area (Å²) >= 11 is 0. The summed E-state index contributed by atoms with van der Waals surface area (Å²) in [6.07, 6.45) is 6.46. The van der Waals surface area contributed by atoms with Crippen molar-refractivity contribution >= 4 is 11.9 Å². The monoisotopic (exact) mass is 246 g/mol. The predicted molar refractivity (Wildman–Crippen MR) is 67.4 cm³/mol. The molecule has 1 rings (SSSR count). The largest absolute Gasteiger partial charge is 0.478 e. The molecule has 94 valence electrons. The Labute approximate surface area is 105 Å². The molecule has 0 radical (unpaired) electrons. The summed E-state index contributed by atoms with van der Waals surface area (Å²) in [5.74, 6) is -1.92. The lowest BCUT2D eigenvalue weighted by molar-refractivity contribution is -0.132. The summed E-state index contributed by atoms with van der Waals surface area (Å²) in [7, 11) is 0. The summed E-state index contributed by atoms with van der Waals surface area (Å²) in [5.41, 5.74) is 1.99. The molecule has 18 heavy (non-hydrogen) atoms. The quantitative estimate of drug-likeness (QED) is 0.753. The van der Waals surface area contributed by atoms with E-state index in [2.05, 4.69) is 0 Å². The fourth-order valence-corrected chi connectivity index (χ4v) is 1.48. The highest BCUT2D eigenvalue weighted by Crippen LogP contribution is 2.08. The SMILES string of the molecule is O=C(O)C=CCc1cccc(CC=CC(=O)O)c1. The van der Waals surface area contributed by atoms with E-state index in [0.717, 1.165) is 23.3 Å². The van der Waals surface area contributed by atoms with Crippen molar-refractivity contribution in [3.05, 3.63) is 59.7 Å². The van der Waals surface area contributed by atoms with Crippen LogP contribution in [-0.2, 0) is 22.4 Å². The summed E-state index contributed by atoms with van der Waals surface area (Å²) in [4.78, 5) is 20.6. The third kappa shape index (κ3) is 5.65. The highest BCUT2D eigenvalue weighted by molar-refractivity contribution is 5.80. The van der Waals surface area contributed by atoms with Gasteiger partial charge >= 0.3 is 11.9 Å². The van der Waals surface area contributed by atoms with Crippen LogP contribution in [0.3, 0.4) is 0 Å². The van der Waals surface area contributed by atoms with Crippen LogP contribution < -0.4 is 0 Å². The van der Waals surface area contributed by atoms with E-state index < -0.39 is 11.9 Å². The molecular formula is C14H14O4. The fourth-order valence-electron chi connectivity index (χ4n) is 1.48. The molecule has 0 saturated heterocycles. The van der Waals surface area contributed by atoms with Gasteiger partial charge in [0.1, 0.15) is 0 Å². The molecule has 4 nitrogen and oxygen atoms in total. The second kappa shape index (κ2) is 7.06. The molecular weight excluding hydrogens is 232 g/mol. The Kier molecular flexibility index (Phi) is 5.38. The van der Waals surface area contributed by atoms with Crippen molar-refractivity contribution < 1.29 is 19.8 Å². The number of hydrogen-bond acceptors (Lipinski definition) is 2. The Hall–Kier alpha value is -2.36. The number of rotatable bonds is 6. The summed E-state index contributed by atoms with van der Waals surface area (Å²) in [6.45, 7) is 0. The molecule has 0 spiro atoms. The minimum Gasteiger partial charge on any atom is -0.478 e. The molecule has 4 heteroatoms. The highest BCUT2D eigenvalue weighted by Gasteiger charge is 1.94. The molecule has 1 aromatic rings. The number of carbonyl (C=O) groups is 2. The first-order valence-electron chi connectivity index (χ1n) is 5.44. The average molecular weight is 246 g/mol. The summed E-state index contributed by atoms with van der Waals surface area (Å²) in [6, 6.07) is 7.60. The molecule has 0 aromatic heterocycles. The van der Waals surface area contributed by atoms with E-state index in [4.69, 9.17) is 10.2 Å². The van der Waals surface area contributed by atoms with Crippen LogP contribution in [-0.4, -0.2) is 22.2 Å². The molecule has 0 aliphatic rings. The molecule has 0 saturated carbocycles. The normalized spacial score (nSPS) is 11.1. The molecule has 0 heterocycles. The van der Waals surface area contributed by atoms with Crippen LogP contribution in [0.4, 0.5) is 0 Å². The highest BCUT2D eigenvalue weighted by atomic mass is 16.4. The zero-order valence-corrected chi connectivity index (χ0v) is 9.74. The third-order valence-electron chi connectivity index (χ3n) is 2.22. The van der Waals surface area contributed by atoms with Crippen molar-refractivity contribution in [2.45, 2.75) is 12.8 Å². The van der Waals surface area contributed by atoms with Gasteiger partial charge in [-0.2, -0.15) is 0 Å². The van der Waals surface area contributed by atoms with Gasteiger partial charge in [-0.25, -0.2) is 9.59 Å². The first-order chi connectivity index (χ1) is 8.58. The molecule has 0 aliphatic carbocycles. The van der Waals surface area contributed by atoms with E-state index in [-0.39, 0.29) is 0 Å². The molecule has 0 aliphatic heterocycles. The van der Waals surface area contributed by atoms with Gasteiger partial charge in [-0.3, -0.25) is 0 Å². The number of aliphatic carboxylic acids is 2. The Morgan fingerprint density at radius 3 is 1.78 bits per heavy atom. The topological polar surface area (TPSA) is 74.6 Å². The zero-order chi connectivity index (χ0) is 13.4. The molecule has 2 N–H and O–H groups in total. The van der Waals surface area contributed by atoms with Gasteiger partial charge in [0.2, 0.25) is 0 Å². The van der Waals surface area contributed by atoms with Crippen molar-refractivity contribution in [3.63, 3.8) is 0 Å². The number of allylic oxidation sites excluding steroid dienone is 2.